The Bertz CT molecular complexity index is 631. The number of methoxy groups -OCH3 is 1. The lowest BCUT2D eigenvalue weighted by Gasteiger charge is -2.02. The number of hydrogen-bond donors (Lipinski definition) is 1. The Balaban J connectivity index is 2.16. The molecule has 0 unspecified atom stereocenters. The molecule has 0 aliphatic rings. The van der Waals surface area contributed by atoms with Crippen molar-refractivity contribution in [3.05, 3.63) is 45.2 Å². The van der Waals surface area contributed by atoms with Crippen LogP contribution in [0.1, 0.15) is 5.69 Å². The van der Waals surface area contributed by atoms with Crippen molar-refractivity contribution < 1.29 is 9.66 Å². The zero-order valence-corrected chi connectivity index (χ0v) is 12.1. The molecule has 0 aliphatic heterocycles. The van der Waals surface area contributed by atoms with Gasteiger partial charge in [0.1, 0.15) is 5.69 Å². The third-order valence-electron chi connectivity index (χ3n) is 2.71. The first kappa shape index (κ1) is 15.4. The van der Waals surface area contributed by atoms with Crippen LogP contribution < -0.4 is 5.32 Å². The highest BCUT2D eigenvalue weighted by molar-refractivity contribution is 6.30. The van der Waals surface area contributed by atoms with Gasteiger partial charge in [0.2, 0.25) is 0 Å². The van der Waals surface area contributed by atoms with E-state index in [1.165, 1.54) is 16.8 Å². The van der Waals surface area contributed by atoms with Gasteiger partial charge < -0.3 is 10.1 Å². The van der Waals surface area contributed by atoms with Crippen LogP contribution in [0.5, 0.6) is 0 Å². The lowest BCUT2D eigenvalue weighted by molar-refractivity contribution is -0.384. The molecule has 2 aromatic rings. The normalized spacial score (nSPS) is 10.8. The minimum Gasteiger partial charge on any atom is -0.383 e. The molecule has 0 saturated carbocycles. The molecule has 0 spiro atoms. The van der Waals surface area contributed by atoms with Gasteiger partial charge >= 0.3 is 0 Å². The minimum atomic E-state index is -0.501. The van der Waals surface area contributed by atoms with Gasteiger partial charge in [0.15, 0.2) is 0 Å². The van der Waals surface area contributed by atoms with E-state index < -0.39 is 4.92 Å². The predicted molar refractivity (Wildman–Crippen MR) is 76.6 cm³/mol. The average Bonchev–Trinajstić information content (AvgIpc) is 2.92. The van der Waals surface area contributed by atoms with Crippen molar-refractivity contribution in [3.8, 4) is 5.69 Å². The summed E-state index contributed by atoms with van der Waals surface area (Å²) in [7, 11) is 1.62. The average molecular weight is 312 g/mol. The van der Waals surface area contributed by atoms with Crippen LogP contribution in [0.15, 0.2) is 24.4 Å². The van der Waals surface area contributed by atoms with Crippen LogP contribution in [0.25, 0.3) is 5.69 Å². The molecule has 0 aliphatic carbocycles. The largest absolute Gasteiger partial charge is 0.383 e. The molecule has 8 nitrogen and oxygen atoms in total. The zero-order chi connectivity index (χ0) is 15.2. The topological polar surface area (TPSA) is 95.1 Å². The van der Waals surface area contributed by atoms with Crippen LogP contribution in [0.4, 0.5) is 5.69 Å². The number of benzene rings is 1. The van der Waals surface area contributed by atoms with Crippen molar-refractivity contribution in [1.82, 2.24) is 20.3 Å². The molecule has 0 bridgehead atoms. The van der Waals surface area contributed by atoms with Crippen molar-refractivity contribution in [2.75, 3.05) is 20.3 Å². The highest BCUT2D eigenvalue weighted by atomic mass is 35.5. The Morgan fingerprint density at radius 3 is 3.05 bits per heavy atom. The van der Waals surface area contributed by atoms with E-state index in [2.05, 4.69) is 15.6 Å². The van der Waals surface area contributed by atoms with Gasteiger partial charge in [-0.15, -0.1) is 5.10 Å². The summed E-state index contributed by atoms with van der Waals surface area (Å²) >= 11 is 5.78. The summed E-state index contributed by atoms with van der Waals surface area (Å²) in [5.41, 5.74) is 0.877. The molecule has 2 rings (SSSR count). The summed E-state index contributed by atoms with van der Waals surface area (Å²) in [5, 5.41) is 22.3. The van der Waals surface area contributed by atoms with Crippen LogP contribution in [0.2, 0.25) is 5.02 Å². The van der Waals surface area contributed by atoms with E-state index in [9.17, 15) is 10.1 Å². The summed E-state index contributed by atoms with van der Waals surface area (Å²) in [5.74, 6) is 0. The summed E-state index contributed by atoms with van der Waals surface area (Å²) in [6.07, 6.45) is 1.63. The molecule has 21 heavy (non-hydrogen) atoms. The Labute approximate surface area is 125 Å². The number of ether oxygens (including phenoxy) is 1. The van der Waals surface area contributed by atoms with Crippen LogP contribution in [0.3, 0.4) is 0 Å². The minimum absolute atomic E-state index is 0.119. The van der Waals surface area contributed by atoms with E-state index in [0.717, 1.165) is 0 Å². The van der Waals surface area contributed by atoms with E-state index >= 15 is 0 Å². The Morgan fingerprint density at radius 1 is 1.52 bits per heavy atom. The number of halogens is 1. The van der Waals surface area contributed by atoms with Crippen molar-refractivity contribution in [2.45, 2.75) is 6.54 Å². The van der Waals surface area contributed by atoms with Gasteiger partial charge in [-0.05, 0) is 12.1 Å². The van der Waals surface area contributed by atoms with Gasteiger partial charge in [-0.3, -0.25) is 10.1 Å². The summed E-state index contributed by atoms with van der Waals surface area (Å²) in [6, 6.07) is 4.40. The summed E-state index contributed by atoms with van der Waals surface area (Å²) in [4.78, 5) is 10.6. The second-order valence-corrected chi connectivity index (χ2v) is 4.65. The maximum atomic E-state index is 11.1. The van der Waals surface area contributed by atoms with Crippen molar-refractivity contribution in [1.29, 1.82) is 0 Å². The van der Waals surface area contributed by atoms with Crippen LogP contribution in [-0.2, 0) is 11.3 Å². The Kier molecular flexibility index (Phi) is 5.20. The standard InChI is InChI=1S/C12H14ClN5O3/c1-21-5-4-14-7-10-8-17(16-15-10)11-3-2-9(13)6-12(11)18(19)20/h2-3,6,8,14H,4-5,7H2,1H3. The molecular weight excluding hydrogens is 298 g/mol. The van der Waals surface area contributed by atoms with E-state index in [0.29, 0.717) is 36.1 Å². The molecule has 0 amide bonds. The number of nitro groups is 1. The third-order valence-corrected chi connectivity index (χ3v) is 2.95. The van der Waals surface area contributed by atoms with E-state index in [1.807, 2.05) is 0 Å². The molecule has 112 valence electrons. The van der Waals surface area contributed by atoms with E-state index in [-0.39, 0.29) is 5.69 Å². The molecule has 9 heteroatoms. The maximum Gasteiger partial charge on any atom is 0.296 e. The first-order valence-electron chi connectivity index (χ1n) is 6.17. The number of hydrogen-bond acceptors (Lipinski definition) is 6. The smallest absolute Gasteiger partial charge is 0.296 e. The SMILES string of the molecule is COCCNCc1cn(-c2ccc(Cl)cc2[N+](=O)[O-])nn1. The molecule has 0 atom stereocenters. The maximum absolute atomic E-state index is 11.1. The van der Waals surface area contributed by atoms with Crippen molar-refractivity contribution in [2.24, 2.45) is 0 Å². The van der Waals surface area contributed by atoms with Gasteiger partial charge in [-0.25, -0.2) is 4.68 Å². The van der Waals surface area contributed by atoms with Crippen LogP contribution in [-0.4, -0.2) is 40.2 Å². The first-order chi connectivity index (χ1) is 10.1. The van der Waals surface area contributed by atoms with Crippen molar-refractivity contribution >= 4 is 17.3 Å². The van der Waals surface area contributed by atoms with Crippen LogP contribution in [0, 0.1) is 10.1 Å². The van der Waals surface area contributed by atoms with Gasteiger partial charge in [-0.1, -0.05) is 16.8 Å². The van der Waals surface area contributed by atoms with Crippen molar-refractivity contribution in [3.63, 3.8) is 0 Å². The Morgan fingerprint density at radius 2 is 2.33 bits per heavy atom. The highest BCUT2D eigenvalue weighted by Crippen LogP contribution is 2.25. The second kappa shape index (κ2) is 7.11. The van der Waals surface area contributed by atoms with E-state index in [1.54, 1.807) is 19.4 Å². The van der Waals surface area contributed by atoms with Crippen LogP contribution >= 0.6 is 11.6 Å². The monoisotopic (exact) mass is 311 g/mol. The van der Waals surface area contributed by atoms with Gasteiger partial charge in [0, 0.05) is 31.3 Å². The summed E-state index contributed by atoms with van der Waals surface area (Å²) < 4.78 is 6.28. The molecule has 1 heterocycles. The Hall–Kier alpha value is -2.03. The fraction of sp³-hybridized carbons (Fsp3) is 0.333. The zero-order valence-electron chi connectivity index (χ0n) is 11.3. The molecule has 0 saturated heterocycles. The quantitative estimate of drug-likeness (QED) is 0.474. The molecule has 1 aromatic heterocycles. The fourth-order valence-electron chi connectivity index (χ4n) is 1.72. The molecule has 1 N–H and O–H groups in total. The highest BCUT2D eigenvalue weighted by Gasteiger charge is 2.17. The number of rotatable bonds is 7. The fourth-order valence-corrected chi connectivity index (χ4v) is 1.89. The molecular formula is C12H14ClN5O3. The first-order valence-corrected chi connectivity index (χ1v) is 6.55. The van der Waals surface area contributed by atoms with Gasteiger partial charge in [0.05, 0.1) is 23.4 Å². The molecule has 0 radical (unpaired) electrons. The predicted octanol–water partition coefficient (Wildman–Crippen LogP) is 1.56. The lowest BCUT2D eigenvalue weighted by atomic mass is 10.2. The number of nitrogens with one attached hydrogen (secondary N) is 1. The summed E-state index contributed by atoms with van der Waals surface area (Å²) in [6.45, 7) is 1.78. The van der Waals surface area contributed by atoms with Gasteiger partial charge in [-0.2, -0.15) is 0 Å². The van der Waals surface area contributed by atoms with E-state index in [4.69, 9.17) is 16.3 Å². The molecule has 1 aromatic carbocycles. The second-order valence-electron chi connectivity index (χ2n) is 4.21. The molecule has 0 fully saturated rings. The lowest BCUT2D eigenvalue weighted by Crippen LogP contribution is -2.18. The number of aromatic nitrogens is 3. The van der Waals surface area contributed by atoms with Gasteiger partial charge in [0.25, 0.3) is 5.69 Å². The number of nitro benzene ring substituents is 1. The number of nitrogens with zero attached hydrogens (tertiary/aromatic N) is 4. The third kappa shape index (κ3) is 3.97.